The summed E-state index contributed by atoms with van der Waals surface area (Å²) < 4.78 is 5.63. The minimum atomic E-state index is -0.414. The van der Waals surface area contributed by atoms with Gasteiger partial charge in [0, 0.05) is 17.8 Å². The number of thiazole rings is 1. The van der Waals surface area contributed by atoms with Gasteiger partial charge in [0.25, 0.3) is 5.91 Å². The maximum Gasteiger partial charge on any atom is 0.255 e. The van der Waals surface area contributed by atoms with Gasteiger partial charge >= 0.3 is 0 Å². The molecule has 2 aromatic rings. The van der Waals surface area contributed by atoms with E-state index in [-0.39, 0.29) is 24.4 Å². The second kappa shape index (κ2) is 8.76. The standard InChI is InChI=1S/C18H23N3O2S.ClH/c1-11-4-3-5-13(8-11)9-16-12(2)20-18(24-16)21-17(22)15-7-6-14(10-19)23-15;/h3-5,8,14-15H,6-7,9-10,19H2,1-2H3,(H,20,21,22);1H/t14-,15+;/m1./s1. The highest BCUT2D eigenvalue weighted by atomic mass is 35.5. The molecule has 2 heterocycles. The lowest BCUT2D eigenvalue weighted by atomic mass is 10.1. The van der Waals surface area contributed by atoms with E-state index in [4.69, 9.17) is 10.5 Å². The molecule has 136 valence electrons. The predicted molar refractivity (Wildman–Crippen MR) is 104 cm³/mol. The van der Waals surface area contributed by atoms with Crippen molar-refractivity contribution >= 4 is 34.8 Å². The number of carbonyl (C=O) groups is 1. The SMILES string of the molecule is Cc1cccc(Cc2sc(NC(=O)[C@@H]3CC[C@H](CN)O3)nc2C)c1.Cl. The minimum absolute atomic E-state index is 0. The smallest absolute Gasteiger partial charge is 0.255 e. The molecule has 1 fully saturated rings. The monoisotopic (exact) mass is 381 g/mol. The van der Waals surface area contributed by atoms with E-state index >= 15 is 0 Å². The number of ether oxygens (including phenoxy) is 1. The summed E-state index contributed by atoms with van der Waals surface area (Å²) in [5.74, 6) is -0.123. The Kier molecular flexibility index (Phi) is 6.95. The second-order valence-electron chi connectivity index (χ2n) is 6.24. The number of amides is 1. The number of rotatable bonds is 5. The molecule has 0 radical (unpaired) electrons. The number of aryl methyl sites for hydroxylation is 2. The molecule has 1 aromatic carbocycles. The number of anilines is 1. The second-order valence-corrected chi connectivity index (χ2v) is 7.33. The summed E-state index contributed by atoms with van der Waals surface area (Å²) in [6.07, 6.45) is 1.97. The van der Waals surface area contributed by atoms with Gasteiger partial charge in [0.2, 0.25) is 0 Å². The van der Waals surface area contributed by atoms with E-state index in [0.29, 0.717) is 18.1 Å². The van der Waals surface area contributed by atoms with Crippen molar-refractivity contribution in [2.75, 3.05) is 11.9 Å². The zero-order chi connectivity index (χ0) is 17.1. The quantitative estimate of drug-likeness (QED) is 0.833. The molecular weight excluding hydrogens is 358 g/mol. The number of carbonyl (C=O) groups excluding carboxylic acids is 1. The molecule has 3 rings (SSSR count). The zero-order valence-electron chi connectivity index (χ0n) is 14.5. The van der Waals surface area contributed by atoms with Crippen molar-refractivity contribution in [3.8, 4) is 0 Å². The largest absolute Gasteiger partial charge is 0.364 e. The zero-order valence-corrected chi connectivity index (χ0v) is 16.1. The van der Waals surface area contributed by atoms with Gasteiger partial charge in [-0.2, -0.15) is 0 Å². The Morgan fingerprint density at radius 3 is 2.88 bits per heavy atom. The molecular formula is C18H24ClN3O2S. The van der Waals surface area contributed by atoms with E-state index in [1.54, 1.807) is 0 Å². The first kappa shape index (κ1) is 19.8. The summed E-state index contributed by atoms with van der Waals surface area (Å²) in [5, 5.41) is 3.53. The van der Waals surface area contributed by atoms with Crippen LogP contribution in [0.15, 0.2) is 24.3 Å². The average molecular weight is 382 g/mol. The number of halogens is 1. The lowest BCUT2D eigenvalue weighted by molar-refractivity contribution is -0.126. The molecule has 1 aromatic heterocycles. The van der Waals surface area contributed by atoms with Gasteiger partial charge < -0.3 is 10.5 Å². The van der Waals surface area contributed by atoms with Gasteiger partial charge in [0.1, 0.15) is 6.10 Å². The van der Waals surface area contributed by atoms with E-state index in [0.717, 1.165) is 18.5 Å². The highest BCUT2D eigenvalue weighted by molar-refractivity contribution is 7.15. The van der Waals surface area contributed by atoms with Crippen molar-refractivity contribution in [3.63, 3.8) is 0 Å². The number of hydrogen-bond acceptors (Lipinski definition) is 5. The van der Waals surface area contributed by atoms with Crippen LogP contribution in [0.3, 0.4) is 0 Å². The molecule has 0 spiro atoms. The van der Waals surface area contributed by atoms with Crippen LogP contribution >= 0.6 is 23.7 Å². The molecule has 0 unspecified atom stereocenters. The Bertz CT molecular complexity index is 735. The van der Waals surface area contributed by atoms with E-state index < -0.39 is 6.10 Å². The Labute approximate surface area is 158 Å². The summed E-state index contributed by atoms with van der Waals surface area (Å²) in [7, 11) is 0. The summed E-state index contributed by atoms with van der Waals surface area (Å²) >= 11 is 1.53. The third-order valence-electron chi connectivity index (χ3n) is 4.23. The Hall–Kier alpha value is -1.47. The fourth-order valence-electron chi connectivity index (χ4n) is 2.91. The van der Waals surface area contributed by atoms with Crippen molar-refractivity contribution in [2.24, 2.45) is 5.73 Å². The molecule has 0 bridgehead atoms. The van der Waals surface area contributed by atoms with Crippen LogP contribution in [-0.2, 0) is 16.0 Å². The number of nitrogens with two attached hydrogens (primary N) is 1. The van der Waals surface area contributed by atoms with Crippen LogP contribution in [-0.4, -0.2) is 29.6 Å². The van der Waals surface area contributed by atoms with E-state index in [1.807, 2.05) is 6.92 Å². The maximum absolute atomic E-state index is 12.3. The molecule has 0 saturated carbocycles. The highest BCUT2D eigenvalue weighted by Gasteiger charge is 2.30. The molecule has 1 aliphatic rings. The third-order valence-corrected chi connectivity index (χ3v) is 5.31. The normalized spacial score (nSPS) is 19.5. The van der Waals surface area contributed by atoms with Crippen LogP contribution in [0.5, 0.6) is 0 Å². The molecule has 5 nitrogen and oxygen atoms in total. The first-order valence-corrected chi connectivity index (χ1v) is 9.05. The first-order valence-electron chi connectivity index (χ1n) is 8.23. The van der Waals surface area contributed by atoms with E-state index in [1.165, 1.54) is 27.3 Å². The van der Waals surface area contributed by atoms with Gasteiger partial charge in [-0.05, 0) is 32.3 Å². The van der Waals surface area contributed by atoms with E-state index in [9.17, 15) is 4.79 Å². The number of aromatic nitrogens is 1. The first-order chi connectivity index (χ1) is 11.5. The minimum Gasteiger partial charge on any atom is -0.364 e. The third kappa shape index (κ3) is 5.01. The van der Waals surface area contributed by atoms with Crippen molar-refractivity contribution in [1.29, 1.82) is 0 Å². The van der Waals surface area contributed by atoms with Gasteiger partial charge in [-0.25, -0.2) is 4.98 Å². The Morgan fingerprint density at radius 2 is 2.20 bits per heavy atom. The summed E-state index contributed by atoms with van der Waals surface area (Å²) in [4.78, 5) is 17.9. The fourth-order valence-corrected chi connectivity index (χ4v) is 3.91. The fraction of sp³-hybridized carbons (Fsp3) is 0.444. The molecule has 1 saturated heterocycles. The highest BCUT2D eigenvalue weighted by Crippen LogP contribution is 2.27. The van der Waals surface area contributed by atoms with Gasteiger partial charge in [-0.1, -0.05) is 29.8 Å². The molecule has 1 aliphatic heterocycles. The summed E-state index contributed by atoms with van der Waals surface area (Å²) in [6, 6.07) is 8.44. The number of benzene rings is 1. The average Bonchev–Trinajstić information content (AvgIpc) is 3.15. The molecule has 1 amide bonds. The van der Waals surface area contributed by atoms with Crippen molar-refractivity contribution in [3.05, 3.63) is 46.0 Å². The van der Waals surface area contributed by atoms with Crippen LogP contribution < -0.4 is 11.1 Å². The maximum atomic E-state index is 12.3. The summed E-state index contributed by atoms with van der Waals surface area (Å²) in [6.45, 7) is 4.53. The lowest BCUT2D eigenvalue weighted by Gasteiger charge is -2.11. The van der Waals surface area contributed by atoms with Crippen molar-refractivity contribution in [1.82, 2.24) is 4.98 Å². The molecule has 7 heteroatoms. The van der Waals surface area contributed by atoms with Crippen LogP contribution in [0.4, 0.5) is 5.13 Å². The molecule has 0 aliphatic carbocycles. The molecule has 3 N–H and O–H groups in total. The Morgan fingerprint density at radius 1 is 1.40 bits per heavy atom. The lowest BCUT2D eigenvalue weighted by Crippen LogP contribution is -2.29. The van der Waals surface area contributed by atoms with Crippen molar-refractivity contribution in [2.45, 2.75) is 45.3 Å². The number of hydrogen-bond donors (Lipinski definition) is 2. The predicted octanol–water partition coefficient (Wildman–Crippen LogP) is 3.22. The van der Waals surface area contributed by atoms with Crippen LogP contribution in [0.1, 0.15) is 34.5 Å². The van der Waals surface area contributed by atoms with Gasteiger partial charge in [-0.15, -0.1) is 23.7 Å². The topological polar surface area (TPSA) is 77.2 Å². The van der Waals surface area contributed by atoms with Crippen LogP contribution in [0.25, 0.3) is 0 Å². The molecule has 2 atom stereocenters. The van der Waals surface area contributed by atoms with Crippen LogP contribution in [0, 0.1) is 13.8 Å². The van der Waals surface area contributed by atoms with Crippen LogP contribution in [0.2, 0.25) is 0 Å². The van der Waals surface area contributed by atoms with Gasteiger partial charge in [0.05, 0.1) is 11.8 Å². The molecule has 25 heavy (non-hydrogen) atoms. The number of nitrogens with one attached hydrogen (secondary N) is 1. The van der Waals surface area contributed by atoms with E-state index in [2.05, 4.69) is 41.5 Å². The van der Waals surface area contributed by atoms with Gasteiger partial charge in [0.15, 0.2) is 5.13 Å². The summed E-state index contributed by atoms with van der Waals surface area (Å²) in [5.41, 5.74) is 9.05. The van der Waals surface area contributed by atoms with Gasteiger partial charge in [-0.3, -0.25) is 10.1 Å². The number of nitrogens with zero attached hydrogens (tertiary/aromatic N) is 1. The Balaban J connectivity index is 0.00000225. The van der Waals surface area contributed by atoms with Crippen molar-refractivity contribution < 1.29 is 9.53 Å².